The van der Waals surface area contributed by atoms with Gasteiger partial charge in [0.2, 0.25) is 5.16 Å². The summed E-state index contributed by atoms with van der Waals surface area (Å²) in [7, 11) is 1.87. The number of thioether (sulfide) groups is 1. The number of hydrogen-bond acceptors (Lipinski definition) is 6. The Morgan fingerprint density at radius 2 is 2.20 bits per heavy atom. The zero-order chi connectivity index (χ0) is 14.0. The lowest BCUT2D eigenvalue weighted by Crippen LogP contribution is -2.38. The molecule has 0 bridgehead atoms. The van der Waals surface area contributed by atoms with Crippen LogP contribution in [-0.4, -0.2) is 38.0 Å². The van der Waals surface area contributed by atoms with E-state index in [1.54, 1.807) is 11.8 Å². The molecule has 0 aliphatic heterocycles. The second-order valence-corrected chi connectivity index (χ2v) is 7.04. The lowest BCUT2D eigenvalue weighted by molar-refractivity contribution is 0.422. The third-order valence-corrected chi connectivity index (χ3v) is 5.78. The fraction of sp³-hybridized carbons (Fsp3) is 0.846. The molecule has 20 heavy (non-hydrogen) atoms. The standard InChI is InChI=1S/C13H20N6S/c1-15-13(9-14)7-6-11(8-13)20-12-16-17-18-19(12)10-4-2-3-5-10/h10-11,15H,2-8H2,1H3. The van der Waals surface area contributed by atoms with Crippen molar-refractivity contribution < 1.29 is 0 Å². The maximum Gasteiger partial charge on any atom is 0.209 e. The van der Waals surface area contributed by atoms with Gasteiger partial charge in [0.25, 0.3) is 0 Å². The molecule has 2 saturated carbocycles. The van der Waals surface area contributed by atoms with Crippen LogP contribution < -0.4 is 5.32 Å². The van der Waals surface area contributed by atoms with Crippen LogP contribution in [0.25, 0.3) is 0 Å². The Labute approximate surface area is 123 Å². The summed E-state index contributed by atoms with van der Waals surface area (Å²) in [5, 5.41) is 26.0. The molecule has 1 heterocycles. The van der Waals surface area contributed by atoms with Gasteiger partial charge in [-0.1, -0.05) is 24.6 Å². The van der Waals surface area contributed by atoms with Gasteiger partial charge in [-0.25, -0.2) is 4.68 Å². The number of nitrogens with zero attached hydrogens (tertiary/aromatic N) is 5. The predicted molar refractivity (Wildman–Crippen MR) is 76.2 cm³/mol. The number of tetrazole rings is 1. The van der Waals surface area contributed by atoms with Crippen LogP contribution in [0.5, 0.6) is 0 Å². The molecule has 7 heteroatoms. The van der Waals surface area contributed by atoms with Gasteiger partial charge in [0.15, 0.2) is 0 Å². The summed E-state index contributed by atoms with van der Waals surface area (Å²) in [6.45, 7) is 0. The Morgan fingerprint density at radius 1 is 1.40 bits per heavy atom. The fourth-order valence-corrected chi connectivity index (χ4v) is 4.55. The lowest BCUT2D eigenvalue weighted by atomic mass is 10.0. The van der Waals surface area contributed by atoms with Gasteiger partial charge in [0.1, 0.15) is 5.54 Å². The predicted octanol–water partition coefficient (Wildman–Crippen LogP) is 1.91. The number of rotatable bonds is 4. The van der Waals surface area contributed by atoms with E-state index in [0.29, 0.717) is 11.3 Å². The summed E-state index contributed by atoms with van der Waals surface area (Å²) in [6, 6.07) is 2.89. The minimum absolute atomic E-state index is 0.358. The summed E-state index contributed by atoms with van der Waals surface area (Å²) >= 11 is 1.74. The molecular formula is C13H20N6S. The van der Waals surface area contributed by atoms with E-state index in [1.165, 1.54) is 25.7 Å². The van der Waals surface area contributed by atoms with E-state index in [9.17, 15) is 5.26 Å². The molecule has 0 saturated heterocycles. The minimum atomic E-state index is -0.358. The van der Waals surface area contributed by atoms with Gasteiger partial charge in [-0.2, -0.15) is 5.26 Å². The Bertz CT molecular complexity index is 503. The molecule has 6 nitrogen and oxygen atoms in total. The molecule has 3 rings (SSSR count). The summed E-state index contributed by atoms with van der Waals surface area (Å²) in [6.07, 6.45) is 7.72. The van der Waals surface area contributed by atoms with Crippen molar-refractivity contribution in [1.29, 1.82) is 5.26 Å². The summed E-state index contributed by atoms with van der Waals surface area (Å²) < 4.78 is 2.00. The number of nitriles is 1. The molecule has 0 aromatic carbocycles. The lowest BCUT2D eigenvalue weighted by Gasteiger charge is -2.19. The monoisotopic (exact) mass is 292 g/mol. The molecule has 2 fully saturated rings. The molecule has 0 radical (unpaired) electrons. The molecule has 2 aliphatic carbocycles. The first-order valence-corrected chi connectivity index (χ1v) is 8.19. The Hall–Kier alpha value is -1.13. The third kappa shape index (κ3) is 2.54. The van der Waals surface area contributed by atoms with Gasteiger partial charge in [0.05, 0.1) is 12.1 Å². The van der Waals surface area contributed by atoms with E-state index in [-0.39, 0.29) is 5.54 Å². The highest BCUT2D eigenvalue weighted by Crippen LogP contribution is 2.40. The van der Waals surface area contributed by atoms with Crippen LogP contribution in [0.2, 0.25) is 0 Å². The van der Waals surface area contributed by atoms with Gasteiger partial charge < -0.3 is 5.32 Å². The van der Waals surface area contributed by atoms with E-state index in [4.69, 9.17) is 0 Å². The summed E-state index contributed by atoms with van der Waals surface area (Å²) in [5.74, 6) is 0. The molecule has 2 atom stereocenters. The van der Waals surface area contributed by atoms with Crippen LogP contribution in [0.15, 0.2) is 5.16 Å². The number of nitrogens with one attached hydrogen (secondary N) is 1. The van der Waals surface area contributed by atoms with Crippen molar-refractivity contribution in [2.75, 3.05) is 7.05 Å². The van der Waals surface area contributed by atoms with Crippen molar-refractivity contribution in [2.24, 2.45) is 0 Å². The second kappa shape index (κ2) is 5.70. The molecule has 0 amide bonds. The number of hydrogen-bond donors (Lipinski definition) is 1. The van der Waals surface area contributed by atoms with Crippen molar-refractivity contribution in [3.63, 3.8) is 0 Å². The fourth-order valence-electron chi connectivity index (χ4n) is 3.28. The third-order valence-electron chi connectivity index (χ3n) is 4.57. The van der Waals surface area contributed by atoms with Crippen molar-refractivity contribution in [2.45, 2.75) is 66.9 Å². The molecule has 1 aromatic heterocycles. The summed E-state index contributed by atoms with van der Waals surface area (Å²) in [4.78, 5) is 0. The van der Waals surface area contributed by atoms with Gasteiger partial charge in [0, 0.05) is 5.25 Å². The van der Waals surface area contributed by atoms with E-state index in [2.05, 4.69) is 26.9 Å². The largest absolute Gasteiger partial charge is 0.302 e. The molecule has 2 unspecified atom stereocenters. The van der Waals surface area contributed by atoms with Gasteiger partial charge in [-0.3, -0.25) is 0 Å². The van der Waals surface area contributed by atoms with Crippen LogP contribution in [-0.2, 0) is 0 Å². The Kier molecular flexibility index (Phi) is 3.94. The van der Waals surface area contributed by atoms with Gasteiger partial charge >= 0.3 is 0 Å². The molecule has 108 valence electrons. The first-order valence-electron chi connectivity index (χ1n) is 7.31. The highest BCUT2D eigenvalue weighted by Gasteiger charge is 2.39. The van der Waals surface area contributed by atoms with Crippen molar-refractivity contribution in [3.8, 4) is 6.07 Å². The maximum absolute atomic E-state index is 9.32. The highest BCUT2D eigenvalue weighted by molar-refractivity contribution is 7.99. The smallest absolute Gasteiger partial charge is 0.209 e. The zero-order valence-electron chi connectivity index (χ0n) is 11.7. The Morgan fingerprint density at radius 3 is 2.85 bits per heavy atom. The average Bonchev–Trinajstić information content (AvgIpc) is 3.19. The molecular weight excluding hydrogens is 272 g/mol. The summed E-state index contributed by atoms with van der Waals surface area (Å²) in [5.41, 5.74) is -0.358. The molecule has 2 aliphatic rings. The van der Waals surface area contributed by atoms with Crippen LogP contribution in [0.1, 0.15) is 51.0 Å². The van der Waals surface area contributed by atoms with Crippen molar-refractivity contribution >= 4 is 11.8 Å². The van der Waals surface area contributed by atoms with Crippen molar-refractivity contribution in [1.82, 2.24) is 25.5 Å². The normalized spacial score (nSPS) is 30.7. The zero-order valence-corrected chi connectivity index (χ0v) is 12.6. The van der Waals surface area contributed by atoms with Crippen LogP contribution in [0.4, 0.5) is 0 Å². The van der Waals surface area contributed by atoms with E-state index in [0.717, 1.165) is 24.4 Å². The Balaban J connectivity index is 1.68. The van der Waals surface area contributed by atoms with E-state index < -0.39 is 0 Å². The van der Waals surface area contributed by atoms with E-state index >= 15 is 0 Å². The first kappa shape index (κ1) is 13.8. The van der Waals surface area contributed by atoms with Crippen molar-refractivity contribution in [3.05, 3.63) is 0 Å². The maximum atomic E-state index is 9.32. The van der Waals surface area contributed by atoms with Gasteiger partial charge in [-0.15, -0.1) is 5.10 Å². The topological polar surface area (TPSA) is 79.4 Å². The second-order valence-electron chi connectivity index (χ2n) is 5.77. The molecule has 1 N–H and O–H groups in total. The number of aromatic nitrogens is 4. The highest BCUT2D eigenvalue weighted by atomic mass is 32.2. The van der Waals surface area contributed by atoms with E-state index in [1.807, 2.05) is 11.7 Å². The van der Waals surface area contributed by atoms with Crippen LogP contribution in [0.3, 0.4) is 0 Å². The minimum Gasteiger partial charge on any atom is -0.302 e. The quantitative estimate of drug-likeness (QED) is 0.913. The van der Waals surface area contributed by atoms with Crippen LogP contribution >= 0.6 is 11.8 Å². The SMILES string of the molecule is CNC1(C#N)CCC(Sc2nnnn2C2CCCC2)C1. The average molecular weight is 292 g/mol. The van der Waals surface area contributed by atoms with Gasteiger partial charge in [-0.05, 0) is 49.6 Å². The van der Waals surface area contributed by atoms with Crippen LogP contribution in [0, 0.1) is 11.3 Å². The first-order chi connectivity index (χ1) is 9.76. The molecule has 1 aromatic rings. The molecule has 0 spiro atoms.